The van der Waals surface area contributed by atoms with E-state index in [1.807, 2.05) is 67.5 Å². The van der Waals surface area contributed by atoms with Crippen LogP contribution in [0.1, 0.15) is 26.4 Å². The van der Waals surface area contributed by atoms with Gasteiger partial charge in [0.2, 0.25) is 0 Å². The van der Waals surface area contributed by atoms with Crippen LogP contribution in [-0.2, 0) is 6.54 Å². The predicted molar refractivity (Wildman–Crippen MR) is 126 cm³/mol. The number of anilines is 2. The normalized spacial score (nSPS) is 10.6. The maximum atomic E-state index is 12.7. The van der Waals surface area contributed by atoms with Crippen molar-refractivity contribution in [1.29, 1.82) is 0 Å². The fourth-order valence-electron chi connectivity index (χ4n) is 3.17. The lowest BCUT2D eigenvalue weighted by molar-refractivity contribution is 0.0949. The van der Waals surface area contributed by atoms with Gasteiger partial charge in [0, 0.05) is 43.0 Å². The van der Waals surface area contributed by atoms with Crippen molar-refractivity contribution in [1.82, 2.24) is 9.69 Å². The Morgan fingerprint density at radius 3 is 2.48 bits per heavy atom. The fraction of sp³-hybridized carbons (Fsp3) is 0.125. The highest BCUT2D eigenvalue weighted by Crippen LogP contribution is 2.23. The number of nitrogens with zero attached hydrogens (tertiary/aromatic N) is 2. The molecule has 0 aliphatic rings. The van der Waals surface area contributed by atoms with E-state index in [9.17, 15) is 9.59 Å². The molecule has 156 valence electrons. The molecule has 4 aromatic rings. The smallest absolute Gasteiger partial charge is 0.276 e. The second-order valence-electron chi connectivity index (χ2n) is 7.31. The van der Waals surface area contributed by atoms with Crippen LogP contribution in [0.2, 0.25) is 0 Å². The van der Waals surface area contributed by atoms with Crippen molar-refractivity contribution < 1.29 is 9.59 Å². The second-order valence-corrected chi connectivity index (χ2v) is 8.11. The molecule has 0 aliphatic carbocycles. The van der Waals surface area contributed by atoms with Crippen LogP contribution in [0.25, 0.3) is 10.1 Å². The Balaban J connectivity index is 1.41. The molecule has 7 heteroatoms. The molecule has 4 rings (SSSR count). The van der Waals surface area contributed by atoms with Gasteiger partial charge in [-0.3, -0.25) is 9.59 Å². The summed E-state index contributed by atoms with van der Waals surface area (Å²) in [5.74, 6) is -0.497. The van der Waals surface area contributed by atoms with Crippen LogP contribution < -0.4 is 15.5 Å². The van der Waals surface area contributed by atoms with Crippen LogP contribution >= 0.6 is 11.5 Å². The van der Waals surface area contributed by atoms with E-state index in [0.29, 0.717) is 23.5 Å². The van der Waals surface area contributed by atoms with Gasteiger partial charge >= 0.3 is 0 Å². The lowest BCUT2D eigenvalue weighted by atomic mass is 10.1. The SMILES string of the molecule is CN(C)c1ccc(CNC(=O)c2cccc(NC(=O)c3nsc4ccccc34)c2)cc1. The fourth-order valence-corrected chi connectivity index (χ4v) is 3.95. The van der Waals surface area contributed by atoms with E-state index in [1.165, 1.54) is 11.5 Å². The molecule has 2 N–H and O–H groups in total. The zero-order valence-electron chi connectivity index (χ0n) is 17.3. The van der Waals surface area contributed by atoms with E-state index in [4.69, 9.17) is 0 Å². The van der Waals surface area contributed by atoms with Crippen LogP contribution in [0.15, 0.2) is 72.8 Å². The van der Waals surface area contributed by atoms with Crippen molar-refractivity contribution >= 4 is 44.8 Å². The van der Waals surface area contributed by atoms with Crippen LogP contribution in [0.5, 0.6) is 0 Å². The van der Waals surface area contributed by atoms with Crippen molar-refractivity contribution in [3.05, 3.63) is 89.6 Å². The Morgan fingerprint density at radius 2 is 1.71 bits per heavy atom. The summed E-state index contributed by atoms with van der Waals surface area (Å²) in [6.07, 6.45) is 0. The zero-order valence-corrected chi connectivity index (χ0v) is 18.1. The van der Waals surface area contributed by atoms with E-state index in [1.54, 1.807) is 24.3 Å². The Morgan fingerprint density at radius 1 is 0.935 bits per heavy atom. The zero-order chi connectivity index (χ0) is 21.8. The number of carbonyl (C=O) groups excluding carboxylic acids is 2. The third-order valence-corrected chi connectivity index (χ3v) is 5.71. The van der Waals surface area contributed by atoms with E-state index in [2.05, 4.69) is 15.0 Å². The van der Waals surface area contributed by atoms with Gasteiger partial charge in [-0.1, -0.05) is 36.4 Å². The first-order valence-electron chi connectivity index (χ1n) is 9.81. The third-order valence-electron chi connectivity index (χ3n) is 4.88. The molecule has 0 unspecified atom stereocenters. The molecule has 0 saturated heterocycles. The summed E-state index contributed by atoms with van der Waals surface area (Å²) in [5, 5.41) is 6.58. The van der Waals surface area contributed by atoms with Crippen molar-refractivity contribution in [2.24, 2.45) is 0 Å². The molecule has 1 aromatic heterocycles. The molecule has 0 radical (unpaired) electrons. The Kier molecular flexibility index (Phi) is 5.95. The molecule has 6 nitrogen and oxygen atoms in total. The molecular formula is C24H22N4O2S. The average Bonchev–Trinajstić information content (AvgIpc) is 3.22. The van der Waals surface area contributed by atoms with Crippen LogP contribution in [0.3, 0.4) is 0 Å². The molecule has 31 heavy (non-hydrogen) atoms. The Bertz CT molecular complexity index is 1230. The van der Waals surface area contributed by atoms with E-state index < -0.39 is 0 Å². The molecule has 1 heterocycles. The Labute approximate surface area is 184 Å². The topological polar surface area (TPSA) is 74.3 Å². The summed E-state index contributed by atoms with van der Waals surface area (Å²) < 4.78 is 5.23. The average molecular weight is 431 g/mol. The summed E-state index contributed by atoms with van der Waals surface area (Å²) >= 11 is 1.29. The summed E-state index contributed by atoms with van der Waals surface area (Å²) in [7, 11) is 3.97. The van der Waals surface area contributed by atoms with Gasteiger partial charge in [-0.25, -0.2) is 0 Å². The van der Waals surface area contributed by atoms with Gasteiger partial charge in [0.15, 0.2) is 0 Å². The Hall–Kier alpha value is -3.71. The highest BCUT2D eigenvalue weighted by atomic mass is 32.1. The van der Waals surface area contributed by atoms with Gasteiger partial charge in [0.05, 0.1) is 4.70 Å². The van der Waals surface area contributed by atoms with Crippen molar-refractivity contribution in [3.63, 3.8) is 0 Å². The van der Waals surface area contributed by atoms with Gasteiger partial charge in [-0.2, -0.15) is 4.37 Å². The maximum Gasteiger partial charge on any atom is 0.276 e. The summed E-state index contributed by atoms with van der Waals surface area (Å²) in [6.45, 7) is 0.425. The van der Waals surface area contributed by atoms with Gasteiger partial charge in [-0.05, 0) is 53.5 Å². The summed E-state index contributed by atoms with van der Waals surface area (Å²) in [6, 6.07) is 22.5. The maximum absolute atomic E-state index is 12.7. The highest BCUT2D eigenvalue weighted by Gasteiger charge is 2.15. The first-order valence-corrected chi connectivity index (χ1v) is 10.6. The van der Waals surface area contributed by atoms with Crippen molar-refractivity contribution in [2.45, 2.75) is 6.54 Å². The van der Waals surface area contributed by atoms with Gasteiger partial charge < -0.3 is 15.5 Å². The van der Waals surface area contributed by atoms with Crippen molar-refractivity contribution in [3.8, 4) is 0 Å². The van der Waals surface area contributed by atoms with Gasteiger partial charge in [0.25, 0.3) is 11.8 Å². The van der Waals surface area contributed by atoms with Crippen molar-refractivity contribution in [2.75, 3.05) is 24.3 Å². The van der Waals surface area contributed by atoms with E-state index >= 15 is 0 Å². The molecule has 0 fully saturated rings. The number of amides is 2. The van der Waals surface area contributed by atoms with Crippen LogP contribution in [0, 0.1) is 0 Å². The number of carbonyl (C=O) groups is 2. The first-order chi connectivity index (χ1) is 15.0. The van der Waals surface area contributed by atoms with Crippen LogP contribution in [-0.4, -0.2) is 30.3 Å². The standard InChI is InChI=1S/C24H22N4O2S/c1-28(2)19-12-10-16(11-13-19)15-25-23(29)17-6-5-7-18(14-17)26-24(30)22-20-8-3-4-9-21(20)31-27-22/h3-14H,15H2,1-2H3,(H,25,29)(H,26,30). The van der Waals surface area contributed by atoms with Crippen LogP contribution in [0.4, 0.5) is 11.4 Å². The predicted octanol–water partition coefficient (Wildman–Crippen LogP) is 4.54. The number of rotatable bonds is 6. The monoisotopic (exact) mass is 430 g/mol. The molecule has 0 saturated carbocycles. The largest absolute Gasteiger partial charge is 0.378 e. The second kappa shape index (κ2) is 8.97. The molecule has 0 atom stereocenters. The van der Waals surface area contributed by atoms with E-state index in [-0.39, 0.29) is 11.8 Å². The minimum absolute atomic E-state index is 0.202. The molecular weight excluding hydrogens is 408 g/mol. The number of nitrogens with one attached hydrogen (secondary N) is 2. The number of fused-ring (bicyclic) bond motifs is 1. The third kappa shape index (κ3) is 4.73. The molecule has 0 bridgehead atoms. The number of benzene rings is 3. The van der Waals surface area contributed by atoms with Gasteiger partial charge in [-0.15, -0.1) is 0 Å². The lowest BCUT2D eigenvalue weighted by Gasteiger charge is -2.13. The summed E-state index contributed by atoms with van der Waals surface area (Å²) in [4.78, 5) is 27.3. The number of hydrogen-bond donors (Lipinski definition) is 2. The summed E-state index contributed by atoms with van der Waals surface area (Å²) in [5.41, 5.74) is 3.53. The highest BCUT2D eigenvalue weighted by molar-refractivity contribution is 7.13. The van der Waals surface area contributed by atoms with Gasteiger partial charge in [0.1, 0.15) is 5.69 Å². The minimum Gasteiger partial charge on any atom is -0.378 e. The number of aromatic nitrogens is 1. The molecule has 2 amide bonds. The molecule has 3 aromatic carbocycles. The first kappa shape index (κ1) is 20.6. The molecule has 0 aliphatic heterocycles. The number of hydrogen-bond acceptors (Lipinski definition) is 5. The lowest BCUT2D eigenvalue weighted by Crippen LogP contribution is -2.23. The minimum atomic E-state index is -0.295. The quantitative estimate of drug-likeness (QED) is 0.471. The van der Waals surface area contributed by atoms with E-state index in [0.717, 1.165) is 21.3 Å². The molecule has 0 spiro atoms.